The van der Waals surface area contributed by atoms with Crippen molar-refractivity contribution in [1.82, 2.24) is 9.97 Å². The molecule has 0 aliphatic carbocycles. The quantitative estimate of drug-likeness (QED) is 0.302. The van der Waals surface area contributed by atoms with Crippen molar-refractivity contribution in [3.8, 4) is 0 Å². The number of hydrogen-bond acceptors (Lipinski definition) is 3. The van der Waals surface area contributed by atoms with Gasteiger partial charge in [-0.15, -0.1) is 39.5 Å². The summed E-state index contributed by atoms with van der Waals surface area (Å²) >= 11 is 0. The van der Waals surface area contributed by atoms with Gasteiger partial charge >= 0.3 is 5.69 Å². The number of aromatic nitrogens is 2. The number of allylic oxidation sites excluding steroid dienone is 6. The van der Waals surface area contributed by atoms with Gasteiger partial charge in [0.1, 0.15) is 5.82 Å². The SMILES string of the molecule is C=CC[Si](CC=C)(CC=C)N(c1cc[nH]c(=O)n1)[Si](CC=C)(CC=C)CC=C. The van der Waals surface area contributed by atoms with Crippen LogP contribution in [0, 0.1) is 0 Å². The van der Waals surface area contributed by atoms with Crippen LogP contribution in [-0.4, -0.2) is 26.4 Å². The Kier molecular flexibility index (Phi) is 9.61. The van der Waals surface area contributed by atoms with Gasteiger partial charge in [-0.3, -0.25) is 0 Å². The van der Waals surface area contributed by atoms with Crippen molar-refractivity contribution in [3.63, 3.8) is 0 Å². The molecule has 0 saturated heterocycles. The highest BCUT2D eigenvalue weighted by Crippen LogP contribution is 2.40. The maximum absolute atomic E-state index is 12.1. The van der Waals surface area contributed by atoms with Crippen LogP contribution in [0.2, 0.25) is 36.3 Å². The van der Waals surface area contributed by atoms with E-state index in [1.807, 2.05) is 42.5 Å². The third-order valence-electron chi connectivity index (χ3n) is 4.98. The highest BCUT2D eigenvalue weighted by atomic mass is 28.4. The molecule has 0 saturated carbocycles. The van der Waals surface area contributed by atoms with Crippen LogP contribution in [0.15, 0.2) is 93.0 Å². The van der Waals surface area contributed by atoms with Crippen molar-refractivity contribution in [2.75, 3.05) is 4.23 Å². The Labute approximate surface area is 171 Å². The van der Waals surface area contributed by atoms with Crippen LogP contribution in [-0.2, 0) is 0 Å². The lowest BCUT2D eigenvalue weighted by Crippen LogP contribution is -2.67. The minimum atomic E-state index is -2.25. The van der Waals surface area contributed by atoms with E-state index in [1.54, 1.807) is 6.20 Å². The molecular weight excluding hydrogens is 378 g/mol. The molecule has 28 heavy (non-hydrogen) atoms. The number of hydrogen-bond donors (Lipinski definition) is 1. The molecule has 0 fully saturated rings. The fourth-order valence-corrected chi connectivity index (χ4v) is 16.3. The number of rotatable bonds is 15. The zero-order valence-corrected chi connectivity index (χ0v) is 18.9. The van der Waals surface area contributed by atoms with Gasteiger partial charge in [0.2, 0.25) is 0 Å². The van der Waals surface area contributed by atoms with Gasteiger partial charge in [-0.1, -0.05) is 36.5 Å². The minimum absolute atomic E-state index is 0.347. The van der Waals surface area contributed by atoms with Gasteiger partial charge in [0.15, 0.2) is 16.5 Å². The second-order valence-corrected chi connectivity index (χ2v) is 15.7. The average Bonchev–Trinajstić information content (AvgIpc) is 2.63. The molecular formula is C22H33N3OSi2. The lowest BCUT2D eigenvalue weighted by Gasteiger charge is -2.53. The Hall–Kier alpha value is -2.45. The summed E-state index contributed by atoms with van der Waals surface area (Å²) in [6.45, 7) is 24.2. The summed E-state index contributed by atoms with van der Waals surface area (Å²) in [6, 6.07) is 6.98. The zero-order chi connectivity index (χ0) is 21.0. The molecule has 150 valence electrons. The molecule has 0 aliphatic rings. The van der Waals surface area contributed by atoms with Crippen molar-refractivity contribution in [1.29, 1.82) is 0 Å². The van der Waals surface area contributed by atoms with Crippen molar-refractivity contribution in [2.45, 2.75) is 36.3 Å². The molecule has 0 unspecified atom stereocenters. The van der Waals surface area contributed by atoms with E-state index >= 15 is 0 Å². The topological polar surface area (TPSA) is 49.0 Å². The first-order chi connectivity index (χ1) is 13.5. The monoisotopic (exact) mass is 411 g/mol. The molecule has 0 amide bonds. The highest BCUT2D eigenvalue weighted by molar-refractivity contribution is 7.03. The molecule has 1 aromatic heterocycles. The second-order valence-electron chi connectivity index (χ2n) is 6.99. The predicted octanol–water partition coefficient (Wildman–Crippen LogP) is 5.58. The van der Waals surface area contributed by atoms with Crippen molar-refractivity contribution >= 4 is 22.3 Å². The Morgan fingerprint density at radius 1 is 0.786 bits per heavy atom. The van der Waals surface area contributed by atoms with Crippen LogP contribution in [0.25, 0.3) is 0 Å². The number of anilines is 1. The van der Waals surface area contributed by atoms with Gasteiger partial charge in [-0.05, 0) is 42.3 Å². The van der Waals surface area contributed by atoms with E-state index < -0.39 is 16.5 Å². The highest BCUT2D eigenvalue weighted by Gasteiger charge is 2.49. The zero-order valence-electron chi connectivity index (χ0n) is 16.9. The predicted molar refractivity (Wildman–Crippen MR) is 129 cm³/mol. The van der Waals surface area contributed by atoms with Gasteiger partial charge in [0.05, 0.1) is 0 Å². The van der Waals surface area contributed by atoms with Crippen LogP contribution in [0.3, 0.4) is 0 Å². The van der Waals surface area contributed by atoms with Gasteiger partial charge in [-0.2, -0.15) is 4.98 Å². The lowest BCUT2D eigenvalue weighted by molar-refractivity contribution is 1.04. The fraction of sp³-hybridized carbons (Fsp3) is 0.273. The number of nitrogens with one attached hydrogen (secondary N) is 1. The van der Waals surface area contributed by atoms with E-state index in [-0.39, 0.29) is 5.69 Å². The van der Waals surface area contributed by atoms with Crippen LogP contribution >= 0.6 is 0 Å². The summed E-state index contributed by atoms with van der Waals surface area (Å²) in [5.74, 6) is 0.721. The first-order valence-corrected chi connectivity index (χ1v) is 14.6. The maximum Gasteiger partial charge on any atom is 0.346 e. The normalized spacial score (nSPS) is 11.3. The summed E-state index contributed by atoms with van der Waals surface area (Å²) in [5.41, 5.74) is -0.347. The number of H-pyrrole nitrogens is 1. The molecule has 0 bridgehead atoms. The number of nitrogens with zero attached hydrogens (tertiary/aromatic N) is 2. The van der Waals surface area contributed by atoms with Crippen LogP contribution in [0.5, 0.6) is 0 Å². The van der Waals surface area contributed by atoms with Gasteiger partial charge in [0, 0.05) is 6.20 Å². The van der Waals surface area contributed by atoms with Crippen molar-refractivity contribution in [2.24, 2.45) is 0 Å². The third-order valence-corrected chi connectivity index (χ3v) is 16.5. The standard InChI is InChI=1S/C22H33N3OSi2/c1-7-15-27(16-8-2,17-9-3)25(21-13-14-23-22(26)24-21)28(18-10-4,19-11-5)20-12-6/h7-14H,1-6,15-20H2,(H,23,24,26). The Balaban J connectivity index is 3.93. The van der Waals surface area contributed by atoms with Crippen molar-refractivity contribution < 1.29 is 0 Å². The maximum atomic E-state index is 12.1. The lowest BCUT2D eigenvalue weighted by atomic mass is 10.6. The summed E-state index contributed by atoms with van der Waals surface area (Å²) in [7, 11) is -4.51. The van der Waals surface area contributed by atoms with E-state index in [4.69, 9.17) is 0 Å². The molecule has 6 heteroatoms. The molecule has 0 radical (unpaired) electrons. The molecule has 0 atom stereocenters. The average molecular weight is 412 g/mol. The van der Waals surface area contributed by atoms with Crippen LogP contribution in [0.4, 0.5) is 5.82 Å². The van der Waals surface area contributed by atoms with E-state index in [9.17, 15) is 4.79 Å². The van der Waals surface area contributed by atoms with Gasteiger partial charge < -0.3 is 9.22 Å². The Morgan fingerprint density at radius 2 is 1.14 bits per heavy atom. The smallest absolute Gasteiger partial charge is 0.346 e. The van der Waals surface area contributed by atoms with E-state index in [0.29, 0.717) is 0 Å². The molecule has 1 heterocycles. The largest absolute Gasteiger partial charge is 0.407 e. The first-order valence-electron chi connectivity index (χ1n) is 9.50. The Bertz CT molecular complexity index is 678. The fourth-order valence-electron chi connectivity index (χ4n) is 4.13. The van der Waals surface area contributed by atoms with E-state index in [2.05, 4.69) is 53.7 Å². The van der Waals surface area contributed by atoms with Crippen LogP contribution < -0.4 is 9.92 Å². The summed E-state index contributed by atoms with van der Waals surface area (Å²) in [4.78, 5) is 19.1. The molecule has 0 aliphatic heterocycles. The van der Waals surface area contributed by atoms with Crippen LogP contribution in [0.1, 0.15) is 0 Å². The Morgan fingerprint density at radius 3 is 1.43 bits per heavy atom. The molecule has 0 aromatic carbocycles. The minimum Gasteiger partial charge on any atom is -0.407 e. The molecule has 0 spiro atoms. The van der Waals surface area contributed by atoms with Gasteiger partial charge in [-0.25, -0.2) is 4.79 Å². The number of aromatic amines is 1. The summed E-state index contributed by atoms with van der Waals surface area (Å²) in [5, 5.41) is 0. The van der Waals surface area contributed by atoms with Crippen molar-refractivity contribution in [3.05, 3.63) is 98.7 Å². The van der Waals surface area contributed by atoms with Gasteiger partial charge in [0.25, 0.3) is 0 Å². The molecule has 1 rings (SSSR count). The summed E-state index contributed by atoms with van der Waals surface area (Å²) in [6.07, 6.45) is 13.6. The second kappa shape index (κ2) is 11.4. The molecule has 1 aromatic rings. The van der Waals surface area contributed by atoms with E-state index in [0.717, 1.165) is 42.1 Å². The van der Waals surface area contributed by atoms with E-state index in [1.165, 1.54) is 0 Å². The molecule has 4 nitrogen and oxygen atoms in total. The molecule has 1 N–H and O–H groups in total. The summed E-state index contributed by atoms with van der Waals surface area (Å²) < 4.78 is 2.52. The third kappa shape index (κ3) is 5.30. The first kappa shape index (κ1) is 23.6.